The smallest absolute Gasteiger partial charge is 0.434 e. The van der Waals surface area contributed by atoms with Crippen molar-refractivity contribution in [2.45, 2.75) is 19.3 Å². The minimum absolute atomic E-state index is 0.0736. The SMILES string of the molecule is COc1ccc(-n2ncc(C(=O)NCc3ccccc3CN3CCOCC3)c2C(F)(F)F)nn1. The van der Waals surface area contributed by atoms with Crippen LogP contribution in [0.15, 0.2) is 42.6 Å². The number of morpholine rings is 1. The van der Waals surface area contributed by atoms with Crippen LogP contribution in [0.4, 0.5) is 13.2 Å². The number of hydrogen-bond acceptors (Lipinski definition) is 7. The molecule has 0 atom stereocenters. The number of amides is 1. The zero-order valence-electron chi connectivity index (χ0n) is 18.4. The molecule has 9 nitrogen and oxygen atoms in total. The summed E-state index contributed by atoms with van der Waals surface area (Å²) in [7, 11) is 1.36. The molecule has 1 amide bonds. The van der Waals surface area contributed by atoms with E-state index in [1.807, 2.05) is 24.3 Å². The molecule has 0 saturated carbocycles. The second-order valence-corrected chi connectivity index (χ2v) is 7.59. The maximum Gasteiger partial charge on any atom is 0.434 e. The van der Waals surface area contributed by atoms with E-state index in [0.29, 0.717) is 24.4 Å². The lowest BCUT2D eigenvalue weighted by Crippen LogP contribution is -2.36. The third-order valence-electron chi connectivity index (χ3n) is 5.39. The summed E-state index contributed by atoms with van der Waals surface area (Å²) in [6.45, 7) is 3.64. The molecular formula is C22H23F3N6O3. The lowest BCUT2D eigenvalue weighted by atomic mass is 10.1. The molecule has 0 radical (unpaired) electrons. The minimum atomic E-state index is -4.85. The number of rotatable bonds is 7. The van der Waals surface area contributed by atoms with Gasteiger partial charge >= 0.3 is 6.18 Å². The first-order valence-electron chi connectivity index (χ1n) is 10.5. The van der Waals surface area contributed by atoms with E-state index in [1.165, 1.54) is 19.2 Å². The lowest BCUT2D eigenvalue weighted by Gasteiger charge is -2.27. The summed E-state index contributed by atoms with van der Waals surface area (Å²) in [5.41, 5.74) is -0.0175. The van der Waals surface area contributed by atoms with Crippen molar-refractivity contribution >= 4 is 5.91 Å². The van der Waals surface area contributed by atoms with Gasteiger partial charge in [-0.15, -0.1) is 10.2 Å². The van der Waals surface area contributed by atoms with Gasteiger partial charge in [0.05, 0.1) is 32.1 Å². The zero-order valence-corrected chi connectivity index (χ0v) is 18.4. The Morgan fingerprint density at radius 3 is 2.50 bits per heavy atom. The Kier molecular flexibility index (Phi) is 7.08. The van der Waals surface area contributed by atoms with E-state index in [1.54, 1.807) is 0 Å². The normalized spacial score (nSPS) is 14.7. The number of hydrogen-bond donors (Lipinski definition) is 1. The highest BCUT2D eigenvalue weighted by atomic mass is 19.4. The van der Waals surface area contributed by atoms with Gasteiger partial charge in [-0.1, -0.05) is 24.3 Å². The molecule has 1 saturated heterocycles. The largest absolute Gasteiger partial charge is 0.480 e. The average molecular weight is 476 g/mol. The number of methoxy groups -OCH3 is 1. The molecule has 180 valence electrons. The molecule has 4 rings (SSSR count). The Morgan fingerprint density at radius 1 is 1.12 bits per heavy atom. The van der Waals surface area contributed by atoms with Gasteiger partial charge in [-0.3, -0.25) is 9.69 Å². The first-order valence-corrected chi connectivity index (χ1v) is 10.5. The number of benzene rings is 1. The number of nitrogens with one attached hydrogen (secondary N) is 1. The Labute approximate surface area is 193 Å². The number of halogens is 3. The minimum Gasteiger partial charge on any atom is -0.480 e. The lowest BCUT2D eigenvalue weighted by molar-refractivity contribution is -0.143. The molecule has 0 unspecified atom stereocenters. The number of alkyl halides is 3. The zero-order chi connectivity index (χ0) is 24.1. The molecular weight excluding hydrogens is 453 g/mol. The van der Waals surface area contributed by atoms with E-state index < -0.39 is 23.3 Å². The molecule has 34 heavy (non-hydrogen) atoms. The fourth-order valence-electron chi connectivity index (χ4n) is 3.65. The Hall–Kier alpha value is -3.51. The van der Waals surface area contributed by atoms with Gasteiger partial charge < -0.3 is 14.8 Å². The fourth-order valence-corrected chi connectivity index (χ4v) is 3.65. The second kappa shape index (κ2) is 10.2. The van der Waals surface area contributed by atoms with E-state index in [2.05, 4.69) is 25.5 Å². The van der Waals surface area contributed by atoms with Crippen LogP contribution >= 0.6 is 0 Å². The molecule has 0 bridgehead atoms. The first kappa shape index (κ1) is 23.6. The van der Waals surface area contributed by atoms with Crippen molar-refractivity contribution < 1.29 is 27.4 Å². The molecule has 2 aromatic heterocycles. The summed E-state index contributed by atoms with van der Waals surface area (Å²) < 4.78 is 52.5. The second-order valence-electron chi connectivity index (χ2n) is 7.59. The van der Waals surface area contributed by atoms with Gasteiger partial charge in [-0.05, 0) is 17.2 Å². The third-order valence-corrected chi connectivity index (χ3v) is 5.39. The van der Waals surface area contributed by atoms with Crippen molar-refractivity contribution in [2.24, 2.45) is 0 Å². The van der Waals surface area contributed by atoms with E-state index in [-0.39, 0.29) is 18.2 Å². The first-order chi connectivity index (χ1) is 16.4. The summed E-state index contributed by atoms with van der Waals surface area (Å²) in [5.74, 6) is -0.942. The van der Waals surface area contributed by atoms with E-state index >= 15 is 0 Å². The molecule has 1 fully saturated rings. The van der Waals surface area contributed by atoms with Gasteiger partial charge in [0.2, 0.25) is 5.88 Å². The average Bonchev–Trinajstić information content (AvgIpc) is 3.30. The standard InChI is InChI=1S/C22H23F3N6O3/c1-33-19-7-6-18(28-29-19)31-20(22(23,24)25)17(13-27-31)21(32)26-12-15-4-2-3-5-16(15)14-30-8-10-34-11-9-30/h2-7,13H,8-12,14H2,1H3,(H,26,32). The van der Waals surface area contributed by atoms with Crippen LogP contribution in [0.5, 0.6) is 5.88 Å². The van der Waals surface area contributed by atoms with Crippen LogP contribution in [0, 0.1) is 0 Å². The van der Waals surface area contributed by atoms with Crippen LogP contribution in [0.25, 0.3) is 5.82 Å². The predicted octanol–water partition coefficient (Wildman–Crippen LogP) is 2.45. The maximum absolute atomic E-state index is 13.9. The van der Waals surface area contributed by atoms with E-state index in [9.17, 15) is 18.0 Å². The van der Waals surface area contributed by atoms with Crippen molar-refractivity contribution in [3.8, 4) is 11.7 Å². The number of nitrogens with zero attached hydrogens (tertiary/aromatic N) is 5. The van der Waals surface area contributed by atoms with Crippen molar-refractivity contribution in [1.82, 2.24) is 30.2 Å². The number of carbonyl (C=O) groups is 1. The highest BCUT2D eigenvalue weighted by molar-refractivity contribution is 5.95. The van der Waals surface area contributed by atoms with Crippen molar-refractivity contribution in [3.63, 3.8) is 0 Å². The highest BCUT2D eigenvalue weighted by Crippen LogP contribution is 2.33. The summed E-state index contributed by atoms with van der Waals surface area (Å²) in [4.78, 5) is 15.0. The predicted molar refractivity (Wildman–Crippen MR) is 114 cm³/mol. The fraction of sp³-hybridized carbons (Fsp3) is 0.364. The topological polar surface area (TPSA) is 94.4 Å². The van der Waals surface area contributed by atoms with E-state index in [0.717, 1.165) is 30.4 Å². The van der Waals surface area contributed by atoms with Crippen LogP contribution in [0.2, 0.25) is 0 Å². The highest BCUT2D eigenvalue weighted by Gasteiger charge is 2.41. The monoisotopic (exact) mass is 476 g/mol. The number of aromatic nitrogens is 4. The van der Waals surface area contributed by atoms with Gasteiger partial charge in [-0.2, -0.15) is 18.3 Å². The number of carbonyl (C=O) groups excluding carboxylic acids is 1. The van der Waals surface area contributed by atoms with Crippen molar-refractivity contribution in [3.05, 3.63) is 65.0 Å². The van der Waals surface area contributed by atoms with Crippen LogP contribution < -0.4 is 10.1 Å². The Bertz CT molecular complexity index is 1130. The van der Waals surface area contributed by atoms with Gasteiger partial charge in [0.1, 0.15) is 0 Å². The van der Waals surface area contributed by atoms with Crippen LogP contribution in [0.1, 0.15) is 27.2 Å². The third kappa shape index (κ3) is 5.34. The summed E-state index contributed by atoms with van der Waals surface area (Å²) in [6.07, 6.45) is -3.97. The summed E-state index contributed by atoms with van der Waals surface area (Å²) >= 11 is 0. The Morgan fingerprint density at radius 2 is 1.85 bits per heavy atom. The number of ether oxygens (including phenoxy) is 2. The molecule has 3 aromatic rings. The quantitative estimate of drug-likeness (QED) is 0.560. The molecule has 1 aliphatic rings. The molecule has 0 spiro atoms. The molecule has 0 aliphatic carbocycles. The van der Waals surface area contributed by atoms with Crippen LogP contribution in [-0.4, -0.2) is 64.2 Å². The van der Waals surface area contributed by atoms with Crippen molar-refractivity contribution in [2.75, 3.05) is 33.4 Å². The molecule has 12 heteroatoms. The van der Waals surface area contributed by atoms with Crippen molar-refractivity contribution in [1.29, 1.82) is 0 Å². The van der Waals surface area contributed by atoms with Gasteiger partial charge in [0.15, 0.2) is 11.5 Å². The maximum atomic E-state index is 13.9. The molecule has 1 N–H and O–H groups in total. The molecule has 1 aromatic carbocycles. The molecule has 3 heterocycles. The van der Waals surface area contributed by atoms with Gasteiger partial charge in [-0.25, -0.2) is 4.68 Å². The molecule has 1 aliphatic heterocycles. The van der Waals surface area contributed by atoms with Crippen LogP contribution in [-0.2, 0) is 24.0 Å². The summed E-state index contributed by atoms with van der Waals surface area (Å²) in [5, 5.41) is 13.7. The Balaban J connectivity index is 1.53. The van der Waals surface area contributed by atoms with Crippen LogP contribution in [0.3, 0.4) is 0 Å². The van der Waals surface area contributed by atoms with Gasteiger partial charge in [0, 0.05) is 32.2 Å². The van der Waals surface area contributed by atoms with Gasteiger partial charge in [0.25, 0.3) is 5.91 Å². The van der Waals surface area contributed by atoms with E-state index in [4.69, 9.17) is 9.47 Å². The summed E-state index contributed by atoms with van der Waals surface area (Å²) in [6, 6.07) is 10.1.